The summed E-state index contributed by atoms with van der Waals surface area (Å²) in [4.78, 5) is 26.2. The lowest BCUT2D eigenvalue weighted by Gasteiger charge is -2.22. The van der Waals surface area contributed by atoms with Gasteiger partial charge in [-0.15, -0.1) is 10.2 Å². The van der Waals surface area contributed by atoms with Gasteiger partial charge in [-0.05, 0) is 47.5 Å². The largest absolute Gasteiger partial charge is 0.497 e. The summed E-state index contributed by atoms with van der Waals surface area (Å²) in [5.41, 5.74) is 3.21. The van der Waals surface area contributed by atoms with Gasteiger partial charge in [-0.25, -0.2) is 5.01 Å². The number of amides is 2. The van der Waals surface area contributed by atoms with E-state index in [-0.39, 0.29) is 30.2 Å². The first-order valence-electron chi connectivity index (χ1n) is 13.1. The molecular formula is C30H29BrN6O4S. The van der Waals surface area contributed by atoms with Crippen LogP contribution in [0.5, 0.6) is 11.5 Å². The maximum Gasteiger partial charge on any atom is 0.255 e. The third-order valence-corrected chi connectivity index (χ3v) is 8.39. The van der Waals surface area contributed by atoms with Crippen molar-refractivity contribution in [3.63, 3.8) is 0 Å². The summed E-state index contributed by atoms with van der Waals surface area (Å²) < 4.78 is 13.3. The van der Waals surface area contributed by atoms with Gasteiger partial charge >= 0.3 is 0 Å². The molecule has 0 unspecified atom stereocenters. The Bertz CT molecular complexity index is 1610. The molecule has 0 aliphatic carbocycles. The molecule has 0 fully saturated rings. The first-order chi connectivity index (χ1) is 20.4. The molecule has 216 valence electrons. The van der Waals surface area contributed by atoms with E-state index in [4.69, 9.17) is 14.6 Å². The monoisotopic (exact) mass is 648 g/mol. The minimum Gasteiger partial charge on any atom is -0.497 e. The smallest absolute Gasteiger partial charge is 0.255 e. The fourth-order valence-electron chi connectivity index (χ4n) is 4.55. The van der Waals surface area contributed by atoms with E-state index < -0.39 is 0 Å². The standard InChI is InChI=1S/C30H29BrN6O4S/c1-36-27(17-32-29(39)23-6-4-5-7-26(23)41-3)33-34-30(36)42-18-28(38)37-25(20-10-14-22(40-2)15-11-20)16-24(35-37)19-8-12-21(31)13-9-19/h4-15,25H,16-18H2,1-3H3,(H,32,39)/t25-/m0/s1. The van der Waals surface area contributed by atoms with E-state index in [1.54, 1.807) is 48.0 Å². The van der Waals surface area contributed by atoms with Crippen molar-refractivity contribution in [2.75, 3.05) is 20.0 Å². The highest BCUT2D eigenvalue weighted by molar-refractivity contribution is 9.10. The minimum atomic E-state index is -0.280. The SMILES string of the molecule is COc1ccc([C@@H]2CC(c3ccc(Br)cc3)=NN2C(=O)CSc2nnc(CNC(=O)c3ccccc3OC)n2C)cc1. The Morgan fingerprint density at radius 2 is 1.74 bits per heavy atom. The summed E-state index contributed by atoms with van der Waals surface area (Å²) in [6.07, 6.45) is 0.588. The van der Waals surface area contributed by atoms with Gasteiger partial charge in [0.15, 0.2) is 11.0 Å². The molecule has 1 aliphatic rings. The Balaban J connectivity index is 1.27. The van der Waals surface area contributed by atoms with Crippen LogP contribution in [0.4, 0.5) is 0 Å². The molecule has 1 aliphatic heterocycles. The molecule has 2 heterocycles. The zero-order chi connectivity index (χ0) is 29.6. The molecule has 0 saturated heterocycles. The second kappa shape index (κ2) is 13.2. The third-order valence-electron chi connectivity index (χ3n) is 6.85. The van der Waals surface area contributed by atoms with Crippen LogP contribution in [0.15, 0.2) is 87.5 Å². The molecule has 1 atom stereocenters. The van der Waals surface area contributed by atoms with Crippen molar-refractivity contribution in [1.29, 1.82) is 0 Å². The molecule has 42 heavy (non-hydrogen) atoms. The first-order valence-corrected chi connectivity index (χ1v) is 14.9. The fourth-order valence-corrected chi connectivity index (χ4v) is 5.59. The van der Waals surface area contributed by atoms with Crippen molar-refractivity contribution in [1.82, 2.24) is 25.1 Å². The van der Waals surface area contributed by atoms with Gasteiger partial charge in [0.1, 0.15) is 11.5 Å². The van der Waals surface area contributed by atoms with Gasteiger partial charge in [0.2, 0.25) is 0 Å². The number of rotatable bonds is 10. The van der Waals surface area contributed by atoms with E-state index in [1.807, 2.05) is 48.5 Å². The lowest BCUT2D eigenvalue weighted by molar-refractivity contribution is -0.130. The first kappa shape index (κ1) is 29.3. The molecule has 12 heteroatoms. The zero-order valence-electron chi connectivity index (χ0n) is 23.3. The van der Waals surface area contributed by atoms with Crippen molar-refractivity contribution < 1.29 is 19.1 Å². The highest BCUT2D eigenvalue weighted by atomic mass is 79.9. The predicted octanol–water partition coefficient (Wildman–Crippen LogP) is 4.99. The number of methoxy groups -OCH3 is 2. The Hall–Kier alpha value is -4.16. The van der Waals surface area contributed by atoms with Crippen LogP contribution in [0, 0.1) is 0 Å². The molecular weight excluding hydrogens is 620 g/mol. The van der Waals surface area contributed by atoms with Crippen LogP contribution in [0.2, 0.25) is 0 Å². The van der Waals surface area contributed by atoms with E-state index in [9.17, 15) is 9.59 Å². The van der Waals surface area contributed by atoms with Crippen molar-refractivity contribution in [2.24, 2.45) is 12.1 Å². The number of para-hydroxylation sites is 1. The van der Waals surface area contributed by atoms with Gasteiger partial charge in [0, 0.05) is 17.9 Å². The van der Waals surface area contributed by atoms with E-state index in [2.05, 4.69) is 31.4 Å². The van der Waals surface area contributed by atoms with E-state index in [0.29, 0.717) is 28.7 Å². The van der Waals surface area contributed by atoms with Crippen LogP contribution >= 0.6 is 27.7 Å². The molecule has 1 N–H and O–H groups in total. The van der Waals surface area contributed by atoms with Crippen molar-refractivity contribution in [3.8, 4) is 11.5 Å². The van der Waals surface area contributed by atoms with E-state index >= 15 is 0 Å². The summed E-state index contributed by atoms with van der Waals surface area (Å²) in [6.45, 7) is 0.168. The van der Waals surface area contributed by atoms with Gasteiger partial charge in [-0.3, -0.25) is 9.59 Å². The lowest BCUT2D eigenvalue weighted by Crippen LogP contribution is -2.28. The lowest BCUT2D eigenvalue weighted by atomic mass is 9.98. The fraction of sp³-hybridized carbons (Fsp3) is 0.233. The number of ether oxygens (including phenoxy) is 2. The minimum absolute atomic E-state index is 0.114. The Morgan fingerprint density at radius 3 is 2.45 bits per heavy atom. The van der Waals surface area contributed by atoms with Crippen LogP contribution < -0.4 is 14.8 Å². The van der Waals surface area contributed by atoms with Gasteiger partial charge in [-0.2, -0.15) is 5.10 Å². The van der Waals surface area contributed by atoms with Crippen LogP contribution in [0.1, 0.15) is 39.8 Å². The summed E-state index contributed by atoms with van der Waals surface area (Å²) in [5, 5.41) is 18.2. The number of benzene rings is 3. The quantitative estimate of drug-likeness (QED) is 0.241. The highest BCUT2D eigenvalue weighted by Crippen LogP contribution is 2.34. The van der Waals surface area contributed by atoms with Crippen LogP contribution in [-0.4, -0.2) is 57.3 Å². The number of halogens is 1. The highest BCUT2D eigenvalue weighted by Gasteiger charge is 2.33. The normalized spacial score (nSPS) is 14.4. The molecule has 0 saturated carbocycles. The number of hydrogen-bond acceptors (Lipinski definition) is 8. The second-order valence-electron chi connectivity index (χ2n) is 9.41. The molecule has 2 amide bonds. The second-order valence-corrected chi connectivity index (χ2v) is 11.3. The Labute approximate surface area is 256 Å². The summed E-state index contributed by atoms with van der Waals surface area (Å²) in [5.74, 6) is 1.48. The Morgan fingerprint density at radius 1 is 1.00 bits per heavy atom. The molecule has 0 bridgehead atoms. The number of thioether (sulfide) groups is 1. The van der Waals surface area contributed by atoms with Crippen molar-refractivity contribution >= 4 is 45.2 Å². The van der Waals surface area contributed by atoms with Crippen molar-refractivity contribution in [2.45, 2.75) is 24.2 Å². The summed E-state index contributed by atoms with van der Waals surface area (Å²) in [6, 6.07) is 22.4. The maximum atomic E-state index is 13.5. The Kier molecular flexibility index (Phi) is 9.23. The molecule has 1 aromatic heterocycles. The van der Waals surface area contributed by atoms with Crippen LogP contribution in [0.3, 0.4) is 0 Å². The van der Waals surface area contributed by atoms with E-state index in [1.165, 1.54) is 18.9 Å². The predicted molar refractivity (Wildman–Crippen MR) is 164 cm³/mol. The van der Waals surface area contributed by atoms with Gasteiger partial charge in [0.25, 0.3) is 11.8 Å². The number of hydrazone groups is 1. The number of nitrogens with one attached hydrogen (secondary N) is 1. The van der Waals surface area contributed by atoms with E-state index in [0.717, 1.165) is 27.1 Å². The molecule has 0 radical (unpaired) electrons. The molecule has 5 rings (SSSR count). The zero-order valence-corrected chi connectivity index (χ0v) is 25.7. The van der Waals surface area contributed by atoms with Gasteiger partial charge < -0.3 is 19.4 Å². The third kappa shape index (κ3) is 6.50. The molecule has 0 spiro atoms. The number of carbonyl (C=O) groups excluding carboxylic acids is 2. The number of carbonyl (C=O) groups is 2. The van der Waals surface area contributed by atoms with Crippen LogP contribution in [-0.2, 0) is 18.4 Å². The maximum absolute atomic E-state index is 13.5. The van der Waals surface area contributed by atoms with Crippen molar-refractivity contribution in [3.05, 3.63) is 99.8 Å². The van der Waals surface area contributed by atoms with Crippen LogP contribution in [0.25, 0.3) is 0 Å². The molecule has 10 nitrogen and oxygen atoms in total. The number of nitrogens with zero attached hydrogens (tertiary/aromatic N) is 5. The topological polar surface area (TPSA) is 111 Å². The summed E-state index contributed by atoms with van der Waals surface area (Å²) >= 11 is 4.75. The van der Waals surface area contributed by atoms with Gasteiger partial charge in [0.05, 0.1) is 43.8 Å². The number of aromatic nitrogens is 3. The number of hydrogen-bond donors (Lipinski definition) is 1. The summed E-state index contributed by atoms with van der Waals surface area (Å²) in [7, 11) is 4.95. The van der Waals surface area contributed by atoms with Gasteiger partial charge in [-0.1, -0.05) is 64.1 Å². The molecule has 3 aromatic carbocycles. The average Bonchev–Trinajstić information content (AvgIpc) is 3.63. The average molecular weight is 650 g/mol. The molecule has 4 aromatic rings.